The molecular formula is C18H27N3O. The molecule has 1 atom stereocenters. The molecule has 0 saturated carbocycles. The predicted molar refractivity (Wildman–Crippen MR) is 90.5 cm³/mol. The summed E-state index contributed by atoms with van der Waals surface area (Å²) in [4.78, 5) is 0. The van der Waals surface area contributed by atoms with Crippen molar-refractivity contribution in [2.45, 2.75) is 39.0 Å². The third kappa shape index (κ3) is 3.17. The van der Waals surface area contributed by atoms with Gasteiger partial charge in [0.25, 0.3) is 0 Å². The standard InChI is InChI=1S/C18H27N3O/c1-12-7-8-16(22-6)13(9-12)14(11-19)15-10-17(18(2,3)4)20-21(15)5/h7-10,14H,11,19H2,1-6H3. The van der Waals surface area contributed by atoms with Crippen molar-refractivity contribution in [3.63, 3.8) is 0 Å². The van der Waals surface area contributed by atoms with E-state index in [2.05, 4.69) is 51.0 Å². The van der Waals surface area contributed by atoms with Gasteiger partial charge in [0, 0.05) is 36.2 Å². The fourth-order valence-electron chi connectivity index (χ4n) is 2.71. The predicted octanol–water partition coefficient (Wildman–Crippen LogP) is 3.13. The minimum atomic E-state index is 0.0197. The van der Waals surface area contributed by atoms with E-state index < -0.39 is 0 Å². The Balaban J connectivity index is 2.54. The molecule has 4 heteroatoms. The average Bonchev–Trinajstić information content (AvgIpc) is 2.82. The van der Waals surface area contributed by atoms with E-state index in [1.807, 2.05) is 17.8 Å². The molecule has 0 fully saturated rings. The second-order valence-electron chi connectivity index (χ2n) is 6.86. The van der Waals surface area contributed by atoms with Crippen LogP contribution in [0.4, 0.5) is 0 Å². The van der Waals surface area contributed by atoms with Crippen LogP contribution >= 0.6 is 0 Å². The number of ether oxygens (including phenoxy) is 1. The van der Waals surface area contributed by atoms with Gasteiger partial charge in [0.2, 0.25) is 0 Å². The summed E-state index contributed by atoms with van der Waals surface area (Å²) in [7, 11) is 3.68. The lowest BCUT2D eigenvalue weighted by Crippen LogP contribution is -2.18. The third-order valence-corrected chi connectivity index (χ3v) is 4.04. The number of aromatic nitrogens is 2. The lowest BCUT2D eigenvalue weighted by Gasteiger charge is -2.19. The van der Waals surface area contributed by atoms with Crippen LogP contribution in [0.15, 0.2) is 24.3 Å². The van der Waals surface area contributed by atoms with E-state index >= 15 is 0 Å². The molecule has 1 aromatic carbocycles. The van der Waals surface area contributed by atoms with E-state index in [1.54, 1.807) is 7.11 Å². The first-order valence-corrected chi connectivity index (χ1v) is 7.67. The molecular weight excluding hydrogens is 274 g/mol. The van der Waals surface area contributed by atoms with Crippen molar-refractivity contribution in [2.75, 3.05) is 13.7 Å². The molecule has 1 unspecified atom stereocenters. The van der Waals surface area contributed by atoms with E-state index in [4.69, 9.17) is 10.5 Å². The first kappa shape index (κ1) is 16.6. The van der Waals surface area contributed by atoms with Gasteiger partial charge in [-0.15, -0.1) is 0 Å². The van der Waals surface area contributed by atoms with Gasteiger partial charge >= 0.3 is 0 Å². The number of hydrogen-bond donors (Lipinski definition) is 1. The molecule has 22 heavy (non-hydrogen) atoms. The summed E-state index contributed by atoms with van der Waals surface area (Å²) < 4.78 is 7.48. The van der Waals surface area contributed by atoms with Crippen molar-refractivity contribution in [3.05, 3.63) is 46.8 Å². The number of rotatable bonds is 4. The molecule has 0 spiro atoms. The largest absolute Gasteiger partial charge is 0.496 e. The molecule has 2 N–H and O–H groups in total. The summed E-state index contributed by atoms with van der Waals surface area (Å²) in [6.07, 6.45) is 0. The van der Waals surface area contributed by atoms with Crippen LogP contribution in [0.5, 0.6) is 5.75 Å². The van der Waals surface area contributed by atoms with Crippen LogP contribution in [0.3, 0.4) is 0 Å². The average molecular weight is 301 g/mol. The van der Waals surface area contributed by atoms with Crippen molar-refractivity contribution >= 4 is 0 Å². The van der Waals surface area contributed by atoms with Crippen LogP contribution in [-0.4, -0.2) is 23.4 Å². The number of aryl methyl sites for hydroxylation is 2. The summed E-state index contributed by atoms with van der Waals surface area (Å²) in [6.45, 7) is 9.11. The first-order chi connectivity index (χ1) is 10.3. The van der Waals surface area contributed by atoms with Gasteiger partial charge in [0.05, 0.1) is 12.8 Å². The van der Waals surface area contributed by atoms with Crippen LogP contribution in [-0.2, 0) is 12.5 Å². The molecule has 0 saturated heterocycles. The monoisotopic (exact) mass is 301 g/mol. The molecule has 0 aliphatic heterocycles. The normalized spacial score (nSPS) is 13.2. The Morgan fingerprint density at radius 3 is 2.45 bits per heavy atom. The fourth-order valence-corrected chi connectivity index (χ4v) is 2.71. The van der Waals surface area contributed by atoms with Crippen molar-refractivity contribution in [1.82, 2.24) is 9.78 Å². The second-order valence-corrected chi connectivity index (χ2v) is 6.86. The number of hydrogen-bond acceptors (Lipinski definition) is 3. The SMILES string of the molecule is COc1ccc(C)cc1C(CN)c1cc(C(C)(C)C)nn1C. The topological polar surface area (TPSA) is 53.1 Å². The van der Waals surface area contributed by atoms with E-state index in [1.165, 1.54) is 5.56 Å². The molecule has 1 aromatic heterocycles. The van der Waals surface area contributed by atoms with Crippen molar-refractivity contribution < 1.29 is 4.74 Å². The van der Waals surface area contributed by atoms with Crippen molar-refractivity contribution in [2.24, 2.45) is 12.8 Å². The number of benzene rings is 1. The van der Waals surface area contributed by atoms with E-state index in [0.29, 0.717) is 6.54 Å². The molecule has 120 valence electrons. The Morgan fingerprint density at radius 1 is 1.27 bits per heavy atom. The van der Waals surface area contributed by atoms with Gasteiger partial charge in [-0.3, -0.25) is 4.68 Å². The fraction of sp³-hybridized carbons (Fsp3) is 0.500. The van der Waals surface area contributed by atoms with Gasteiger partial charge in [-0.2, -0.15) is 5.10 Å². The molecule has 0 amide bonds. The third-order valence-electron chi connectivity index (χ3n) is 4.04. The highest BCUT2D eigenvalue weighted by molar-refractivity contribution is 5.43. The number of nitrogens with zero attached hydrogens (tertiary/aromatic N) is 2. The lowest BCUT2D eigenvalue weighted by atomic mass is 9.89. The summed E-state index contributed by atoms with van der Waals surface area (Å²) in [6, 6.07) is 8.38. The van der Waals surface area contributed by atoms with Crippen LogP contribution in [0.2, 0.25) is 0 Å². The van der Waals surface area contributed by atoms with E-state index in [0.717, 1.165) is 22.7 Å². The minimum Gasteiger partial charge on any atom is -0.496 e. The Bertz CT molecular complexity index is 653. The van der Waals surface area contributed by atoms with E-state index in [9.17, 15) is 0 Å². The molecule has 2 rings (SSSR count). The van der Waals surface area contributed by atoms with Crippen molar-refractivity contribution in [3.8, 4) is 5.75 Å². The highest BCUT2D eigenvalue weighted by Gasteiger charge is 2.25. The van der Waals surface area contributed by atoms with Crippen LogP contribution in [0.1, 0.15) is 49.2 Å². The van der Waals surface area contributed by atoms with E-state index in [-0.39, 0.29) is 11.3 Å². The summed E-state index contributed by atoms with van der Waals surface area (Å²) in [5.41, 5.74) is 10.6. The minimum absolute atomic E-state index is 0.0197. The van der Waals surface area contributed by atoms with Crippen LogP contribution in [0.25, 0.3) is 0 Å². The van der Waals surface area contributed by atoms with Gasteiger partial charge in [0.15, 0.2) is 0 Å². The number of nitrogens with two attached hydrogens (primary N) is 1. The zero-order valence-corrected chi connectivity index (χ0v) is 14.5. The Labute approximate surface area is 133 Å². The lowest BCUT2D eigenvalue weighted by molar-refractivity contribution is 0.406. The number of methoxy groups -OCH3 is 1. The van der Waals surface area contributed by atoms with Gasteiger partial charge in [-0.25, -0.2) is 0 Å². The first-order valence-electron chi connectivity index (χ1n) is 7.67. The molecule has 0 aliphatic carbocycles. The van der Waals surface area contributed by atoms with Gasteiger partial charge < -0.3 is 10.5 Å². The zero-order valence-electron chi connectivity index (χ0n) is 14.5. The Kier molecular flexibility index (Phi) is 4.61. The summed E-state index contributed by atoms with van der Waals surface area (Å²) in [5, 5.41) is 4.67. The van der Waals surface area contributed by atoms with Gasteiger partial charge in [-0.05, 0) is 19.1 Å². The maximum atomic E-state index is 6.10. The molecule has 0 aliphatic rings. The van der Waals surface area contributed by atoms with Gasteiger partial charge in [-0.1, -0.05) is 38.5 Å². The summed E-state index contributed by atoms with van der Waals surface area (Å²) >= 11 is 0. The van der Waals surface area contributed by atoms with Crippen LogP contribution < -0.4 is 10.5 Å². The Morgan fingerprint density at radius 2 is 1.95 bits per heavy atom. The second kappa shape index (κ2) is 6.13. The van der Waals surface area contributed by atoms with Crippen LogP contribution in [0, 0.1) is 6.92 Å². The maximum absolute atomic E-state index is 6.10. The highest BCUT2D eigenvalue weighted by Crippen LogP contribution is 2.33. The highest BCUT2D eigenvalue weighted by atomic mass is 16.5. The molecule has 4 nitrogen and oxygen atoms in total. The zero-order chi connectivity index (χ0) is 16.5. The molecule has 2 aromatic rings. The molecule has 0 radical (unpaired) electrons. The smallest absolute Gasteiger partial charge is 0.122 e. The molecule has 1 heterocycles. The molecule has 0 bridgehead atoms. The quantitative estimate of drug-likeness (QED) is 0.944. The maximum Gasteiger partial charge on any atom is 0.122 e. The van der Waals surface area contributed by atoms with Gasteiger partial charge in [0.1, 0.15) is 5.75 Å². The summed E-state index contributed by atoms with van der Waals surface area (Å²) in [5.74, 6) is 0.947. The van der Waals surface area contributed by atoms with Crippen molar-refractivity contribution in [1.29, 1.82) is 0 Å². The Hall–Kier alpha value is -1.81.